The van der Waals surface area contributed by atoms with Crippen molar-refractivity contribution in [3.05, 3.63) is 40.4 Å². The Kier molecular flexibility index (Phi) is 2.61. The van der Waals surface area contributed by atoms with Gasteiger partial charge in [0.2, 0.25) is 9.84 Å². The monoisotopic (exact) mass is 214 g/mol. The van der Waals surface area contributed by atoms with E-state index in [2.05, 4.69) is 11.6 Å². The van der Waals surface area contributed by atoms with Crippen molar-refractivity contribution in [3.63, 3.8) is 0 Å². The third-order valence-corrected chi connectivity index (χ3v) is 2.79. The zero-order chi connectivity index (χ0) is 10.8. The first-order chi connectivity index (χ1) is 6.47. The second-order valence-electron chi connectivity index (χ2n) is 2.32. The molecule has 0 aromatic carbocycles. The van der Waals surface area contributed by atoms with Gasteiger partial charge in [0.25, 0.3) is 0 Å². The van der Waals surface area contributed by atoms with E-state index in [-0.39, 0.29) is 4.90 Å². The summed E-state index contributed by atoms with van der Waals surface area (Å²) in [6.07, 6.45) is 0.926. The van der Waals surface area contributed by atoms with Crippen LogP contribution in [0.2, 0.25) is 0 Å². The van der Waals surface area contributed by atoms with E-state index >= 15 is 0 Å². The fourth-order valence-electron chi connectivity index (χ4n) is 0.745. The Bertz CT molecular complexity index is 463. The van der Waals surface area contributed by atoms with Crippen LogP contribution in [0.15, 0.2) is 35.2 Å². The highest BCUT2D eigenvalue weighted by Crippen LogP contribution is 2.13. The zero-order valence-corrected chi connectivity index (χ0v) is 7.77. The van der Waals surface area contributed by atoms with Crippen molar-refractivity contribution in [3.8, 4) is 0 Å². The molecule has 6 nitrogen and oxygen atoms in total. The molecule has 1 aromatic heterocycles. The predicted molar refractivity (Wildman–Crippen MR) is 48.3 cm³/mol. The van der Waals surface area contributed by atoms with Crippen molar-refractivity contribution in [1.29, 1.82) is 0 Å². The van der Waals surface area contributed by atoms with Crippen LogP contribution in [0.1, 0.15) is 0 Å². The maximum Gasteiger partial charge on any atom is 0.363 e. The van der Waals surface area contributed by atoms with Gasteiger partial charge in [-0.3, -0.25) is 0 Å². The number of nitrogens with zero attached hydrogens (tertiary/aromatic N) is 2. The number of pyridine rings is 1. The first-order valence-electron chi connectivity index (χ1n) is 3.45. The maximum absolute atomic E-state index is 11.2. The lowest BCUT2D eigenvalue weighted by molar-refractivity contribution is -0.389. The average molecular weight is 214 g/mol. The van der Waals surface area contributed by atoms with Crippen molar-refractivity contribution in [2.75, 3.05) is 0 Å². The van der Waals surface area contributed by atoms with Crippen LogP contribution < -0.4 is 0 Å². The first kappa shape index (κ1) is 10.3. The molecule has 0 bridgehead atoms. The van der Waals surface area contributed by atoms with Gasteiger partial charge in [0, 0.05) is 11.5 Å². The van der Waals surface area contributed by atoms with Crippen molar-refractivity contribution in [1.82, 2.24) is 4.98 Å². The van der Waals surface area contributed by atoms with Crippen molar-refractivity contribution in [2.24, 2.45) is 0 Å². The number of sulfone groups is 1. The molecule has 1 rings (SSSR count). The van der Waals surface area contributed by atoms with E-state index in [4.69, 9.17) is 0 Å². The van der Waals surface area contributed by atoms with E-state index in [9.17, 15) is 18.5 Å². The van der Waals surface area contributed by atoms with Crippen molar-refractivity contribution < 1.29 is 13.3 Å². The van der Waals surface area contributed by atoms with E-state index < -0.39 is 20.6 Å². The van der Waals surface area contributed by atoms with Crippen LogP contribution in [0, 0.1) is 10.1 Å². The summed E-state index contributed by atoms with van der Waals surface area (Å²) in [4.78, 5) is 12.8. The van der Waals surface area contributed by atoms with Gasteiger partial charge in [0.05, 0.1) is 0 Å². The molecule has 0 radical (unpaired) electrons. The number of hydrogen-bond acceptors (Lipinski definition) is 5. The summed E-state index contributed by atoms with van der Waals surface area (Å²) in [6.45, 7) is 3.12. The fourth-order valence-corrected chi connectivity index (χ4v) is 1.39. The maximum atomic E-state index is 11.2. The van der Waals surface area contributed by atoms with Gasteiger partial charge in [0.15, 0.2) is 6.20 Å². The highest BCUT2D eigenvalue weighted by atomic mass is 32.2. The minimum Gasteiger partial charge on any atom is -0.358 e. The highest BCUT2D eigenvalue weighted by molar-refractivity contribution is 7.94. The Morgan fingerprint density at radius 1 is 1.50 bits per heavy atom. The molecule has 14 heavy (non-hydrogen) atoms. The SMILES string of the molecule is C=CS(=O)(=O)c1ccc([N+](=O)[O-])nc1. The third-order valence-electron chi connectivity index (χ3n) is 1.46. The molecule has 0 aliphatic heterocycles. The van der Waals surface area contributed by atoms with Gasteiger partial charge >= 0.3 is 5.82 Å². The largest absolute Gasteiger partial charge is 0.363 e. The standard InChI is InChI=1S/C7H6N2O4S/c1-2-14(12,13)6-3-4-7(8-5-6)9(10)11/h2-5H,1H2. The molecule has 1 heterocycles. The predicted octanol–water partition coefficient (Wildman–Crippen LogP) is 0.907. The molecule has 0 aliphatic rings. The fraction of sp³-hybridized carbons (Fsp3) is 0. The van der Waals surface area contributed by atoms with Gasteiger partial charge in [-0.1, -0.05) is 6.58 Å². The number of nitro groups is 1. The second-order valence-corrected chi connectivity index (χ2v) is 4.22. The van der Waals surface area contributed by atoms with Gasteiger partial charge in [-0.05, 0) is 16.0 Å². The van der Waals surface area contributed by atoms with Gasteiger partial charge in [0.1, 0.15) is 4.90 Å². The lowest BCUT2D eigenvalue weighted by Gasteiger charge is -1.95. The van der Waals surface area contributed by atoms with Crippen LogP contribution in [-0.2, 0) is 9.84 Å². The van der Waals surface area contributed by atoms with Crippen LogP contribution in [0.5, 0.6) is 0 Å². The van der Waals surface area contributed by atoms with Crippen LogP contribution in [0.3, 0.4) is 0 Å². The molecule has 0 saturated carbocycles. The molecule has 0 aliphatic carbocycles. The lowest BCUT2D eigenvalue weighted by Crippen LogP contribution is -1.98. The van der Waals surface area contributed by atoms with E-state index in [0.29, 0.717) is 0 Å². The minimum atomic E-state index is -3.56. The first-order valence-corrected chi connectivity index (χ1v) is 5.00. The zero-order valence-electron chi connectivity index (χ0n) is 6.95. The molecule has 0 atom stereocenters. The normalized spacial score (nSPS) is 10.9. The van der Waals surface area contributed by atoms with Crippen molar-refractivity contribution >= 4 is 15.7 Å². The molecule has 74 valence electrons. The molecule has 0 fully saturated rings. The van der Waals surface area contributed by atoms with Crippen molar-refractivity contribution in [2.45, 2.75) is 4.90 Å². The van der Waals surface area contributed by atoms with Crippen LogP contribution in [0.4, 0.5) is 5.82 Å². The summed E-state index contributed by atoms with van der Waals surface area (Å²) in [7, 11) is -3.56. The van der Waals surface area contributed by atoms with E-state index in [1.54, 1.807) is 0 Å². The van der Waals surface area contributed by atoms with E-state index in [1.165, 1.54) is 0 Å². The van der Waals surface area contributed by atoms with Crippen LogP contribution >= 0.6 is 0 Å². The molecular weight excluding hydrogens is 208 g/mol. The smallest absolute Gasteiger partial charge is 0.358 e. The Morgan fingerprint density at radius 3 is 2.50 bits per heavy atom. The summed E-state index contributed by atoms with van der Waals surface area (Å²) in [5.74, 6) is -0.395. The molecule has 1 aromatic rings. The van der Waals surface area contributed by atoms with Gasteiger partial charge < -0.3 is 10.1 Å². The molecular formula is C7H6N2O4S. The molecule has 0 spiro atoms. The minimum absolute atomic E-state index is 0.113. The molecule has 0 N–H and O–H groups in total. The Hall–Kier alpha value is -1.76. The van der Waals surface area contributed by atoms with E-state index in [0.717, 1.165) is 23.7 Å². The summed E-state index contributed by atoms with van der Waals surface area (Å²) in [5, 5.41) is 11.0. The summed E-state index contributed by atoms with van der Waals surface area (Å²) in [6, 6.07) is 2.14. The number of rotatable bonds is 3. The van der Waals surface area contributed by atoms with Crippen LogP contribution in [-0.4, -0.2) is 18.3 Å². The molecule has 0 amide bonds. The quantitative estimate of drug-likeness (QED) is 0.550. The van der Waals surface area contributed by atoms with Gasteiger partial charge in [-0.2, -0.15) is 0 Å². The number of hydrogen-bond donors (Lipinski definition) is 0. The Morgan fingerprint density at radius 2 is 2.14 bits per heavy atom. The molecule has 7 heteroatoms. The summed E-state index contributed by atoms with van der Waals surface area (Å²) in [5.41, 5.74) is 0. The van der Waals surface area contributed by atoms with E-state index in [1.807, 2.05) is 0 Å². The Balaban J connectivity index is 3.19. The lowest BCUT2D eigenvalue weighted by atomic mass is 10.5. The molecule has 0 unspecified atom stereocenters. The number of aromatic nitrogens is 1. The summed E-state index contributed by atoms with van der Waals surface area (Å²) >= 11 is 0. The summed E-state index contributed by atoms with van der Waals surface area (Å²) < 4.78 is 22.3. The topological polar surface area (TPSA) is 90.2 Å². The van der Waals surface area contributed by atoms with Crippen LogP contribution in [0.25, 0.3) is 0 Å². The third kappa shape index (κ3) is 1.94. The molecule has 0 saturated heterocycles. The Labute approximate surface area is 80.0 Å². The van der Waals surface area contributed by atoms with Gasteiger partial charge in [-0.25, -0.2) is 8.42 Å². The highest BCUT2D eigenvalue weighted by Gasteiger charge is 2.14. The second kappa shape index (κ2) is 3.54. The van der Waals surface area contributed by atoms with Gasteiger partial charge in [-0.15, -0.1) is 0 Å². The average Bonchev–Trinajstić information content (AvgIpc) is 2.18.